The van der Waals surface area contributed by atoms with Crippen molar-refractivity contribution in [1.29, 1.82) is 0 Å². The van der Waals surface area contributed by atoms with E-state index >= 15 is 0 Å². The van der Waals surface area contributed by atoms with Crippen molar-refractivity contribution in [2.75, 3.05) is 12.4 Å². The zero-order valence-electron chi connectivity index (χ0n) is 18.6. The van der Waals surface area contributed by atoms with E-state index in [0.29, 0.717) is 23.0 Å². The molecule has 34 heavy (non-hydrogen) atoms. The lowest BCUT2D eigenvalue weighted by Crippen LogP contribution is -2.29. The van der Waals surface area contributed by atoms with Gasteiger partial charge < -0.3 is 10.1 Å². The number of nitrogens with zero attached hydrogens (tertiary/aromatic N) is 4. The highest BCUT2D eigenvalue weighted by atomic mass is 32.2. The largest absolute Gasteiger partial charge is 0.497 e. The van der Waals surface area contributed by atoms with Gasteiger partial charge in [-0.3, -0.25) is 14.2 Å². The number of fused-ring (bicyclic) bond motifs is 1. The normalized spacial score (nSPS) is 11.9. The average molecular weight is 480 g/mol. The Kier molecular flexibility index (Phi) is 7.17. The molecule has 0 aliphatic carbocycles. The van der Waals surface area contributed by atoms with E-state index < -0.39 is 5.25 Å². The molecule has 0 radical (unpaired) electrons. The van der Waals surface area contributed by atoms with E-state index in [1.54, 1.807) is 7.11 Å². The molecule has 4 aromatic rings. The first-order valence-electron chi connectivity index (χ1n) is 10.6. The van der Waals surface area contributed by atoms with Crippen molar-refractivity contribution in [1.82, 2.24) is 19.5 Å². The monoisotopic (exact) mass is 479 g/mol. The molecular weight excluding hydrogens is 457 g/mol. The fourth-order valence-corrected chi connectivity index (χ4v) is 4.28. The van der Waals surface area contributed by atoms with Gasteiger partial charge in [-0.2, -0.15) is 0 Å². The molecule has 1 atom stereocenters. The third-order valence-electron chi connectivity index (χ3n) is 5.08. The number of carbonyl (C=O) groups excluding carboxylic acids is 1. The summed E-state index contributed by atoms with van der Waals surface area (Å²) in [6, 6.07) is 12.9. The van der Waals surface area contributed by atoms with Crippen molar-refractivity contribution in [2.45, 2.75) is 30.3 Å². The van der Waals surface area contributed by atoms with Crippen molar-refractivity contribution in [2.24, 2.45) is 0 Å². The SMILES string of the molecule is CC[C@@H](Sc1nc2nccnc2c(=O)n1Cc1ccc(OC)cc1)C(=O)Nc1ccc(F)cc1. The lowest BCUT2D eigenvalue weighted by molar-refractivity contribution is -0.115. The number of thioether (sulfide) groups is 1. The van der Waals surface area contributed by atoms with Crippen molar-refractivity contribution >= 4 is 34.5 Å². The molecule has 2 aromatic heterocycles. The summed E-state index contributed by atoms with van der Waals surface area (Å²) in [4.78, 5) is 39.1. The molecule has 2 heterocycles. The average Bonchev–Trinajstić information content (AvgIpc) is 2.86. The van der Waals surface area contributed by atoms with Gasteiger partial charge in [0.2, 0.25) is 5.91 Å². The number of hydrogen-bond acceptors (Lipinski definition) is 7. The van der Waals surface area contributed by atoms with E-state index in [1.165, 1.54) is 53.0 Å². The number of rotatable bonds is 8. The van der Waals surface area contributed by atoms with Crippen LogP contribution >= 0.6 is 11.8 Å². The number of aromatic nitrogens is 4. The highest BCUT2D eigenvalue weighted by molar-refractivity contribution is 8.00. The van der Waals surface area contributed by atoms with E-state index in [4.69, 9.17) is 4.74 Å². The summed E-state index contributed by atoms with van der Waals surface area (Å²) in [7, 11) is 1.59. The zero-order chi connectivity index (χ0) is 24.1. The lowest BCUT2D eigenvalue weighted by atomic mass is 10.2. The van der Waals surface area contributed by atoms with Gasteiger partial charge in [-0.15, -0.1) is 0 Å². The molecule has 2 aromatic carbocycles. The van der Waals surface area contributed by atoms with Crippen molar-refractivity contribution in [3.05, 3.63) is 82.7 Å². The Balaban J connectivity index is 1.67. The van der Waals surface area contributed by atoms with Crippen LogP contribution in [0.15, 0.2) is 70.9 Å². The fraction of sp³-hybridized carbons (Fsp3) is 0.208. The third-order valence-corrected chi connectivity index (χ3v) is 6.44. The first kappa shape index (κ1) is 23.4. The quantitative estimate of drug-likeness (QED) is 0.302. The molecule has 0 fully saturated rings. The Bertz CT molecular complexity index is 1360. The summed E-state index contributed by atoms with van der Waals surface area (Å²) in [6.07, 6.45) is 3.39. The number of benzene rings is 2. The second kappa shape index (κ2) is 10.4. The minimum atomic E-state index is -0.548. The van der Waals surface area contributed by atoms with E-state index in [-0.39, 0.29) is 35.0 Å². The number of amides is 1. The van der Waals surface area contributed by atoms with E-state index in [0.717, 1.165) is 5.56 Å². The van der Waals surface area contributed by atoms with Crippen LogP contribution in [0.3, 0.4) is 0 Å². The maximum atomic E-state index is 13.3. The standard InChI is InChI=1S/C24H22FN5O3S/c1-3-19(22(31)28-17-8-6-16(25)7-9-17)34-24-29-21-20(26-12-13-27-21)23(32)30(24)14-15-4-10-18(33-2)11-5-15/h4-13,19H,3,14H2,1-2H3,(H,28,31)/t19-/m1/s1. The van der Waals surface area contributed by atoms with Gasteiger partial charge in [-0.1, -0.05) is 30.8 Å². The fourth-order valence-electron chi connectivity index (χ4n) is 3.28. The molecule has 8 nitrogen and oxygen atoms in total. The smallest absolute Gasteiger partial charge is 0.282 e. The van der Waals surface area contributed by atoms with Gasteiger partial charge in [0.05, 0.1) is 18.9 Å². The number of ether oxygens (including phenoxy) is 1. The topological polar surface area (TPSA) is 99.0 Å². The van der Waals surface area contributed by atoms with Gasteiger partial charge in [0.25, 0.3) is 5.56 Å². The molecule has 1 amide bonds. The Morgan fingerprint density at radius 2 is 1.82 bits per heavy atom. The number of carbonyl (C=O) groups is 1. The molecule has 0 aliphatic heterocycles. The van der Waals surface area contributed by atoms with E-state index in [1.807, 2.05) is 31.2 Å². The van der Waals surface area contributed by atoms with Crippen LogP contribution in [0.25, 0.3) is 11.2 Å². The highest BCUT2D eigenvalue weighted by Crippen LogP contribution is 2.26. The minimum absolute atomic E-state index is 0.157. The molecule has 0 aliphatic rings. The van der Waals surface area contributed by atoms with Gasteiger partial charge in [-0.05, 0) is 48.4 Å². The van der Waals surface area contributed by atoms with Gasteiger partial charge in [0, 0.05) is 18.1 Å². The summed E-state index contributed by atoms with van der Waals surface area (Å²) >= 11 is 1.18. The van der Waals surface area contributed by atoms with Gasteiger partial charge >= 0.3 is 0 Å². The Hall–Kier alpha value is -3.79. The number of anilines is 1. The van der Waals surface area contributed by atoms with Crippen LogP contribution < -0.4 is 15.6 Å². The van der Waals surface area contributed by atoms with Crippen LogP contribution in [0, 0.1) is 5.82 Å². The predicted molar refractivity (Wildman–Crippen MR) is 129 cm³/mol. The van der Waals surface area contributed by atoms with Gasteiger partial charge in [-0.25, -0.2) is 19.3 Å². The van der Waals surface area contributed by atoms with Crippen LogP contribution in [-0.2, 0) is 11.3 Å². The number of methoxy groups -OCH3 is 1. The lowest BCUT2D eigenvalue weighted by Gasteiger charge is -2.18. The second-order valence-corrected chi connectivity index (χ2v) is 8.54. The number of halogens is 1. The molecule has 1 N–H and O–H groups in total. The maximum absolute atomic E-state index is 13.3. The summed E-state index contributed by atoms with van der Waals surface area (Å²) < 4.78 is 19.9. The van der Waals surface area contributed by atoms with Crippen LogP contribution in [0.4, 0.5) is 10.1 Å². The summed E-state index contributed by atoms with van der Waals surface area (Å²) in [5.74, 6) is 0.0451. The van der Waals surface area contributed by atoms with Crippen LogP contribution in [0.2, 0.25) is 0 Å². The van der Waals surface area contributed by atoms with Crippen LogP contribution in [-0.4, -0.2) is 37.8 Å². The molecule has 0 saturated carbocycles. The molecule has 0 saturated heterocycles. The Labute approximate surface area is 199 Å². The maximum Gasteiger partial charge on any atom is 0.282 e. The van der Waals surface area contributed by atoms with E-state index in [2.05, 4.69) is 20.3 Å². The third kappa shape index (κ3) is 5.23. The molecule has 174 valence electrons. The Morgan fingerprint density at radius 3 is 2.50 bits per heavy atom. The molecule has 10 heteroatoms. The molecule has 0 bridgehead atoms. The minimum Gasteiger partial charge on any atom is -0.497 e. The molecule has 0 spiro atoms. The molecular formula is C24H22FN5O3S. The second-order valence-electron chi connectivity index (χ2n) is 7.37. The summed E-state index contributed by atoms with van der Waals surface area (Å²) in [6.45, 7) is 2.11. The van der Waals surface area contributed by atoms with Crippen molar-refractivity contribution < 1.29 is 13.9 Å². The van der Waals surface area contributed by atoms with Crippen LogP contribution in [0.5, 0.6) is 5.75 Å². The number of hydrogen-bond donors (Lipinski definition) is 1. The zero-order valence-corrected chi connectivity index (χ0v) is 19.4. The molecule has 0 unspecified atom stereocenters. The predicted octanol–water partition coefficient (Wildman–Crippen LogP) is 3.89. The van der Waals surface area contributed by atoms with Gasteiger partial charge in [0.1, 0.15) is 11.6 Å². The summed E-state index contributed by atoms with van der Waals surface area (Å²) in [5.41, 5.74) is 1.38. The van der Waals surface area contributed by atoms with Gasteiger partial charge in [0.15, 0.2) is 16.3 Å². The number of nitrogens with one attached hydrogen (secondary N) is 1. The van der Waals surface area contributed by atoms with Crippen molar-refractivity contribution in [3.8, 4) is 5.75 Å². The Morgan fingerprint density at radius 1 is 1.12 bits per heavy atom. The van der Waals surface area contributed by atoms with E-state index in [9.17, 15) is 14.0 Å². The first-order chi connectivity index (χ1) is 16.5. The molecule has 4 rings (SSSR count). The van der Waals surface area contributed by atoms with Crippen LogP contribution in [0.1, 0.15) is 18.9 Å². The highest BCUT2D eigenvalue weighted by Gasteiger charge is 2.23. The van der Waals surface area contributed by atoms with Crippen molar-refractivity contribution in [3.63, 3.8) is 0 Å². The summed E-state index contributed by atoms with van der Waals surface area (Å²) in [5, 5.41) is 2.60. The first-order valence-corrected chi connectivity index (χ1v) is 11.4.